The molecule has 1 aliphatic heterocycles. The molecule has 3 heteroatoms. The molecular weight excluding hydrogens is 210 g/mol. The molecule has 96 valence electrons. The molecule has 0 aromatic carbocycles. The maximum Gasteiger partial charge on any atom is 0.122 e. The molecule has 0 aromatic rings. The standard InChI is InChI=1S/C14H25N3/c1-3-7-16-14(10-15,13-4-5-13)11-17-8-6-12(2)9-17/h12-13,16H,3-9,11H2,1-2H3. The fourth-order valence-corrected chi connectivity index (χ4v) is 2.94. The molecule has 1 aliphatic carbocycles. The Kier molecular flexibility index (Phi) is 4.06. The zero-order valence-electron chi connectivity index (χ0n) is 11.2. The van der Waals surface area contributed by atoms with Crippen LogP contribution in [0.25, 0.3) is 0 Å². The van der Waals surface area contributed by atoms with Crippen LogP contribution in [0.3, 0.4) is 0 Å². The minimum atomic E-state index is -0.264. The molecule has 0 aromatic heterocycles. The summed E-state index contributed by atoms with van der Waals surface area (Å²) in [4.78, 5) is 2.48. The third-order valence-corrected chi connectivity index (χ3v) is 4.15. The van der Waals surface area contributed by atoms with Crippen molar-refractivity contribution in [1.29, 1.82) is 5.26 Å². The van der Waals surface area contributed by atoms with Gasteiger partial charge in [0, 0.05) is 13.1 Å². The van der Waals surface area contributed by atoms with Gasteiger partial charge in [0.1, 0.15) is 5.54 Å². The van der Waals surface area contributed by atoms with E-state index in [1.165, 1.54) is 32.4 Å². The minimum absolute atomic E-state index is 0.264. The third-order valence-electron chi connectivity index (χ3n) is 4.15. The summed E-state index contributed by atoms with van der Waals surface area (Å²) in [5, 5.41) is 13.1. The van der Waals surface area contributed by atoms with Gasteiger partial charge in [0.25, 0.3) is 0 Å². The molecule has 2 fully saturated rings. The van der Waals surface area contributed by atoms with Crippen LogP contribution in [-0.4, -0.2) is 36.6 Å². The second-order valence-electron chi connectivity index (χ2n) is 5.91. The lowest BCUT2D eigenvalue weighted by Gasteiger charge is -2.32. The van der Waals surface area contributed by atoms with Gasteiger partial charge >= 0.3 is 0 Å². The largest absolute Gasteiger partial charge is 0.300 e. The Balaban J connectivity index is 1.97. The molecule has 0 spiro atoms. The lowest BCUT2D eigenvalue weighted by molar-refractivity contribution is 0.224. The third kappa shape index (κ3) is 3.00. The van der Waals surface area contributed by atoms with E-state index in [0.717, 1.165) is 25.4 Å². The number of nitrogens with zero attached hydrogens (tertiary/aromatic N) is 2. The highest BCUT2D eigenvalue weighted by Crippen LogP contribution is 2.40. The highest BCUT2D eigenvalue weighted by Gasteiger charge is 2.46. The molecule has 17 heavy (non-hydrogen) atoms. The van der Waals surface area contributed by atoms with Crippen LogP contribution in [0, 0.1) is 23.2 Å². The number of hydrogen-bond acceptors (Lipinski definition) is 3. The van der Waals surface area contributed by atoms with Gasteiger partial charge in [-0.05, 0) is 50.6 Å². The predicted octanol–water partition coefficient (Wildman–Crippen LogP) is 2.00. The Morgan fingerprint density at radius 1 is 1.41 bits per heavy atom. The van der Waals surface area contributed by atoms with Gasteiger partial charge in [-0.1, -0.05) is 13.8 Å². The molecule has 3 nitrogen and oxygen atoms in total. The maximum atomic E-state index is 9.60. The van der Waals surface area contributed by atoms with E-state index in [0.29, 0.717) is 5.92 Å². The lowest BCUT2D eigenvalue weighted by Crippen LogP contribution is -2.54. The lowest BCUT2D eigenvalue weighted by atomic mass is 9.94. The van der Waals surface area contributed by atoms with Gasteiger partial charge in [0.2, 0.25) is 0 Å². The van der Waals surface area contributed by atoms with Crippen LogP contribution in [0.2, 0.25) is 0 Å². The van der Waals surface area contributed by atoms with Crippen LogP contribution < -0.4 is 5.32 Å². The summed E-state index contributed by atoms with van der Waals surface area (Å²) in [6.07, 6.45) is 4.86. The predicted molar refractivity (Wildman–Crippen MR) is 69.6 cm³/mol. The zero-order chi connectivity index (χ0) is 12.3. The van der Waals surface area contributed by atoms with Crippen molar-refractivity contribution in [2.45, 2.75) is 45.1 Å². The molecule has 2 rings (SSSR count). The van der Waals surface area contributed by atoms with Crippen LogP contribution >= 0.6 is 0 Å². The average Bonchev–Trinajstić information content (AvgIpc) is 3.10. The zero-order valence-corrected chi connectivity index (χ0v) is 11.2. The number of rotatable bonds is 6. The van der Waals surface area contributed by atoms with E-state index >= 15 is 0 Å². The first-order valence-corrected chi connectivity index (χ1v) is 7.09. The van der Waals surface area contributed by atoms with Gasteiger partial charge in [0.05, 0.1) is 6.07 Å². The second-order valence-corrected chi connectivity index (χ2v) is 5.91. The Bertz CT molecular complexity index is 292. The van der Waals surface area contributed by atoms with Crippen molar-refractivity contribution in [2.24, 2.45) is 11.8 Å². The fraction of sp³-hybridized carbons (Fsp3) is 0.929. The van der Waals surface area contributed by atoms with Crippen molar-refractivity contribution in [2.75, 3.05) is 26.2 Å². The fourth-order valence-electron chi connectivity index (χ4n) is 2.94. The molecule has 2 atom stereocenters. The Morgan fingerprint density at radius 2 is 2.18 bits per heavy atom. The SMILES string of the molecule is CCCNC(C#N)(CN1CCC(C)C1)C1CC1. The molecule has 0 radical (unpaired) electrons. The second kappa shape index (κ2) is 5.37. The summed E-state index contributed by atoms with van der Waals surface area (Å²) in [6, 6.07) is 2.60. The highest BCUT2D eigenvalue weighted by molar-refractivity contribution is 5.17. The van der Waals surface area contributed by atoms with Crippen molar-refractivity contribution < 1.29 is 0 Å². The summed E-state index contributed by atoms with van der Waals surface area (Å²) in [5.74, 6) is 1.40. The van der Waals surface area contributed by atoms with Crippen LogP contribution in [-0.2, 0) is 0 Å². The van der Waals surface area contributed by atoms with Gasteiger partial charge in [-0.2, -0.15) is 5.26 Å². The first kappa shape index (κ1) is 12.9. The topological polar surface area (TPSA) is 39.1 Å². The summed E-state index contributed by atoms with van der Waals surface area (Å²) >= 11 is 0. The number of nitriles is 1. The van der Waals surface area contributed by atoms with Crippen LogP contribution in [0.5, 0.6) is 0 Å². The van der Waals surface area contributed by atoms with Gasteiger partial charge in [-0.15, -0.1) is 0 Å². The average molecular weight is 235 g/mol. The first-order valence-electron chi connectivity index (χ1n) is 7.09. The number of nitrogens with one attached hydrogen (secondary N) is 1. The van der Waals surface area contributed by atoms with Crippen molar-refractivity contribution in [3.8, 4) is 6.07 Å². The summed E-state index contributed by atoms with van der Waals surface area (Å²) in [7, 11) is 0. The normalized spacial score (nSPS) is 28.9. The molecule has 1 N–H and O–H groups in total. The van der Waals surface area contributed by atoms with Crippen molar-refractivity contribution in [3.63, 3.8) is 0 Å². The quantitative estimate of drug-likeness (QED) is 0.765. The smallest absolute Gasteiger partial charge is 0.122 e. The minimum Gasteiger partial charge on any atom is -0.300 e. The van der Waals surface area contributed by atoms with Crippen molar-refractivity contribution >= 4 is 0 Å². The molecule has 2 aliphatic rings. The molecule has 0 amide bonds. The monoisotopic (exact) mass is 235 g/mol. The van der Waals surface area contributed by atoms with E-state index in [9.17, 15) is 5.26 Å². The van der Waals surface area contributed by atoms with Gasteiger partial charge in [0.15, 0.2) is 0 Å². The Labute approximate surface area is 105 Å². The summed E-state index contributed by atoms with van der Waals surface area (Å²) in [6.45, 7) is 8.71. The van der Waals surface area contributed by atoms with Gasteiger partial charge < -0.3 is 4.90 Å². The number of likely N-dealkylation sites (tertiary alicyclic amines) is 1. The Morgan fingerprint density at radius 3 is 2.65 bits per heavy atom. The summed E-state index contributed by atoms with van der Waals surface area (Å²) in [5.41, 5.74) is -0.264. The summed E-state index contributed by atoms with van der Waals surface area (Å²) < 4.78 is 0. The van der Waals surface area contributed by atoms with E-state index in [4.69, 9.17) is 0 Å². The molecule has 0 bridgehead atoms. The van der Waals surface area contributed by atoms with E-state index in [-0.39, 0.29) is 5.54 Å². The maximum absolute atomic E-state index is 9.60. The molecule has 1 saturated heterocycles. The highest BCUT2D eigenvalue weighted by atomic mass is 15.2. The van der Waals surface area contributed by atoms with E-state index in [1.54, 1.807) is 0 Å². The Hall–Kier alpha value is -0.590. The molecule has 1 heterocycles. The van der Waals surface area contributed by atoms with E-state index in [2.05, 4.69) is 30.1 Å². The van der Waals surface area contributed by atoms with Crippen LogP contribution in [0.4, 0.5) is 0 Å². The molecule has 1 saturated carbocycles. The molecular formula is C14H25N3. The van der Waals surface area contributed by atoms with E-state index < -0.39 is 0 Å². The van der Waals surface area contributed by atoms with Crippen LogP contribution in [0.1, 0.15) is 39.5 Å². The van der Waals surface area contributed by atoms with Gasteiger partial charge in [-0.25, -0.2) is 0 Å². The van der Waals surface area contributed by atoms with Crippen molar-refractivity contribution in [1.82, 2.24) is 10.2 Å². The van der Waals surface area contributed by atoms with E-state index in [1.807, 2.05) is 0 Å². The number of hydrogen-bond donors (Lipinski definition) is 1. The first-order chi connectivity index (χ1) is 8.20. The molecule has 2 unspecified atom stereocenters. The van der Waals surface area contributed by atoms with Crippen LogP contribution in [0.15, 0.2) is 0 Å². The van der Waals surface area contributed by atoms with Crippen molar-refractivity contribution in [3.05, 3.63) is 0 Å². The van der Waals surface area contributed by atoms with Gasteiger partial charge in [-0.3, -0.25) is 5.32 Å².